The van der Waals surface area contributed by atoms with Crippen molar-refractivity contribution in [1.29, 1.82) is 0 Å². The Bertz CT molecular complexity index is 234. The summed E-state index contributed by atoms with van der Waals surface area (Å²) in [6, 6.07) is 5.13. The molecule has 1 aromatic rings. The Labute approximate surface area is 80.4 Å². The van der Waals surface area contributed by atoms with Crippen molar-refractivity contribution in [1.82, 2.24) is 4.73 Å². The molecule has 0 unspecified atom stereocenters. The van der Waals surface area contributed by atoms with Crippen molar-refractivity contribution >= 4 is 41.8 Å². The molecule has 1 N–H and O–H groups in total. The molecule has 0 aromatic carbocycles. The third-order valence-corrected chi connectivity index (χ3v) is 1.13. The molecular weight excluding hydrogens is 145 g/mol. The van der Waals surface area contributed by atoms with E-state index < -0.39 is 0 Å². The van der Waals surface area contributed by atoms with Gasteiger partial charge < -0.3 is 5.21 Å². The number of hydrogen-bond acceptors (Lipinski definition) is 2. The second-order valence-electron chi connectivity index (χ2n) is 1.38. The topological polar surface area (TPSA) is 25.2 Å². The Kier molecular flexibility index (Phi) is 4.14. The Morgan fingerprint density at radius 2 is 2.11 bits per heavy atom. The van der Waals surface area contributed by atoms with Crippen LogP contribution in [-0.4, -0.2) is 39.5 Å². The Hall–Kier alpha value is 0.170. The second kappa shape index (κ2) is 4.06. The van der Waals surface area contributed by atoms with Gasteiger partial charge in [0.05, 0.1) is 0 Å². The van der Waals surface area contributed by atoms with Crippen LogP contribution in [-0.2, 0) is 0 Å². The molecule has 1 rings (SSSR count). The number of aromatic nitrogens is 1. The molecule has 0 aliphatic rings. The van der Waals surface area contributed by atoms with Gasteiger partial charge in [0.2, 0.25) is 0 Å². The molecule has 0 atom stereocenters. The van der Waals surface area contributed by atoms with Crippen LogP contribution in [0.3, 0.4) is 0 Å². The molecule has 1 heterocycles. The molecule has 0 saturated heterocycles. The molecule has 9 heavy (non-hydrogen) atoms. The predicted molar refractivity (Wildman–Crippen MR) is 39.6 cm³/mol. The third-order valence-electron chi connectivity index (χ3n) is 0.803. The second-order valence-corrected chi connectivity index (χ2v) is 1.80. The monoisotopic (exact) mass is 151 g/mol. The van der Waals surface area contributed by atoms with Crippen molar-refractivity contribution in [2.45, 2.75) is 0 Å². The van der Waals surface area contributed by atoms with E-state index in [1.54, 1.807) is 18.2 Å². The fourth-order valence-electron chi connectivity index (χ4n) is 0.419. The standard InChI is InChI=1S/C5H5NOS.Na.H/c7-6-4-2-1-3-5(6)8;;/h1-4,7H;;. The van der Waals surface area contributed by atoms with Crippen LogP contribution >= 0.6 is 12.2 Å². The summed E-state index contributed by atoms with van der Waals surface area (Å²) in [7, 11) is 0. The van der Waals surface area contributed by atoms with E-state index in [4.69, 9.17) is 5.21 Å². The van der Waals surface area contributed by atoms with Crippen LogP contribution in [0.2, 0.25) is 0 Å². The zero-order valence-corrected chi connectivity index (χ0v) is 4.93. The van der Waals surface area contributed by atoms with Crippen molar-refractivity contribution in [3.8, 4) is 0 Å². The molecular formula is C5H6NNaOS. The maximum absolute atomic E-state index is 8.73. The van der Waals surface area contributed by atoms with Crippen LogP contribution in [0.1, 0.15) is 0 Å². The van der Waals surface area contributed by atoms with Crippen LogP contribution in [0.15, 0.2) is 24.4 Å². The van der Waals surface area contributed by atoms with E-state index in [1.165, 1.54) is 6.20 Å². The summed E-state index contributed by atoms with van der Waals surface area (Å²) in [6.45, 7) is 0. The molecule has 1 aromatic heterocycles. The molecule has 0 aliphatic heterocycles. The first kappa shape index (κ1) is 9.17. The molecule has 0 amide bonds. The first-order chi connectivity index (χ1) is 3.80. The van der Waals surface area contributed by atoms with E-state index >= 15 is 0 Å². The molecule has 0 radical (unpaired) electrons. The van der Waals surface area contributed by atoms with Crippen LogP contribution < -0.4 is 0 Å². The molecule has 4 heteroatoms. The van der Waals surface area contributed by atoms with Gasteiger partial charge in [-0.05, 0) is 12.1 Å². The summed E-state index contributed by atoms with van der Waals surface area (Å²) in [5, 5.41) is 8.73. The molecule has 44 valence electrons. The van der Waals surface area contributed by atoms with Crippen LogP contribution in [0, 0.1) is 4.64 Å². The Balaban J connectivity index is 0.000000640. The minimum atomic E-state index is 0. The maximum atomic E-state index is 8.73. The van der Waals surface area contributed by atoms with Gasteiger partial charge in [-0.1, -0.05) is 18.3 Å². The first-order valence-electron chi connectivity index (χ1n) is 2.17. The SMILES string of the molecule is On1ccccc1=S.[NaH]. The number of nitrogens with zero attached hydrogens (tertiary/aromatic N) is 1. The van der Waals surface area contributed by atoms with E-state index in [9.17, 15) is 0 Å². The van der Waals surface area contributed by atoms with Crippen molar-refractivity contribution in [2.24, 2.45) is 0 Å². The Morgan fingerprint density at radius 3 is 2.44 bits per heavy atom. The number of rotatable bonds is 0. The number of hydrogen-bond donors (Lipinski definition) is 1. The van der Waals surface area contributed by atoms with Crippen molar-refractivity contribution < 1.29 is 5.21 Å². The Morgan fingerprint density at radius 1 is 1.44 bits per heavy atom. The van der Waals surface area contributed by atoms with Gasteiger partial charge in [-0.2, -0.15) is 4.73 Å². The summed E-state index contributed by atoms with van der Waals surface area (Å²) in [5.41, 5.74) is 0. The summed E-state index contributed by atoms with van der Waals surface area (Å²) in [4.78, 5) is 0. The summed E-state index contributed by atoms with van der Waals surface area (Å²) in [6.07, 6.45) is 1.49. The van der Waals surface area contributed by atoms with Gasteiger partial charge in [-0.3, -0.25) is 0 Å². The first-order valence-corrected chi connectivity index (χ1v) is 2.58. The molecule has 0 fully saturated rings. The number of pyridine rings is 1. The van der Waals surface area contributed by atoms with E-state index in [0.29, 0.717) is 4.64 Å². The van der Waals surface area contributed by atoms with Gasteiger partial charge in [0.15, 0.2) is 0 Å². The van der Waals surface area contributed by atoms with Crippen molar-refractivity contribution in [3.05, 3.63) is 29.0 Å². The molecule has 0 spiro atoms. The minimum absolute atomic E-state index is 0. The van der Waals surface area contributed by atoms with E-state index in [0.717, 1.165) is 4.73 Å². The average Bonchev–Trinajstić information content (AvgIpc) is 1.77. The summed E-state index contributed by atoms with van der Waals surface area (Å²) in [5.74, 6) is 0. The predicted octanol–water partition coefficient (Wildman–Crippen LogP) is 0.806. The van der Waals surface area contributed by atoms with Crippen LogP contribution in [0.25, 0.3) is 0 Å². The summed E-state index contributed by atoms with van der Waals surface area (Å²) >= 11 is 4.67. The summed E-state index contributed by atoms with van der Waals surface area (Å²) < 4.78 is 1.32. The van der Waals surface area contributed by atoms with Gasteiger partial charge >= 0.3 is 29.6 Å². The quantitative estimate of drug-likeness (QED) is 0.337. The van der Waals surface area contributed by atoms with E-state index in [2.05, 4.69) is 12.2 Å². The zero-order chi connectivity index (χ0) is 5.98. The molecule has 2 nitrogen and oxygen atoms in total. The van der Waals surface area contributed by atoms with Crippen LogP contribution in [0.5, 0.6) is 0 Å². The van der Waals surface area contributed by atoms with Gasteiger partial charge in [0.25, 0.3) is 0 Å². The van der Waals surface area contributed by atoms with Crippen molar-refractivity contribution in [2.75, 3.05) is 0 Å². The van der Waals surface area contributed by atoms with Gasteiger partial charge in [-0.25, -0.2) is 0 Å². The van der Waals surface area contributed by atoms with E-state index in [1.807, 2.05) is 0 Å². The van der Waals surface area contributed by atoms with Gasteiger partial charge in [0.1, 0.15) is 4.64 Å². The van der Waals surface area contributed by atoms with Crippen molar-refractivity contribution in [3.63, 3.8) is 0 Å². The average molecular weight is 151 g/mol. The van der Waals surface area contributed by atoms with Crippen LogP contribution in [0.4, 0.5) is 0 Å². The molecule has 0 bridgehead atoms. The fourth-order valence-corrected chi connectivity index (χ4v) is 0.558. The fraction of sp³-hybridized carbons (Fsp3) is 0. The van der Waals surface area contributed by atoms with Gasteiger partial charge in [0, 0.05) is 6.20 Å². The normalized spacial score (nSPS) is 8.00. The zero-order valence-electron chi connectivity index (χ0n) is 4.11. The molecule has 0 saturated carbocycles. The van der Waals surface area contributed by atoms with E-state index in [-0.39, 0.29) is 29.6 Å². The third kappa shape index (κ3) is 2.49. The van der Waals surface area contributed by atoms with Gasteiger partial charge in [-0.15, -0.1) is 0 Å². The molecule has 0 aliphatic carbocycles.